The standard InChI is InChI=1S/C14H23BrN2O2/c1-14(2,9-17-7-11(16)8-18)10-4-5-13(19-3)12(15)6-10/h4-6,11,17-18H,7-9,16H2,1-3H3. The molecule has 1 atom stereocenters. The van der Waals surface area contributed by atoms with E-state index in [1.54, 1.807) is 7.11 Å². The fraction of sp³-hybridized carbons (Fsp3) is 0.571. The molecule has 0 aromatic heterocycles. The average molecular weight is 331 g/mol. The Kier molecular flexibility index (Phi) is 6.26. The van der Waals surface area contributed by atoms with Crippen LogP contribution in [0.15, 0.2) is 22.7 Å². The lowest BCUT2D eigenvalue weighted by atomic mass is 9.84. The normalized spacial score (nSPS) is 13.4. The summed E-state index contributed by atoms with van der Waals surface area (Å²) in [6, 6.07) is 5.89. The summed E-state index contributed by atoms with van der Waals surface area (Å²) in [7, 11) is 1.66. The van der Waals surface area contributed by atoms with Crippen molar-refractivity contribution in [1.29, 1.82) is 0 Å². The van der Waals surface area contributed by atoms with E-state index < -0.39 is 0 Å². The molecule has 1 aromatic carbocycles. The molecule has 1 unspecified atom stereocenters. The quantitative estimate of drug-likeness (QED) is 0.711. The highest BCUT2D eigenvalue weighted by Gasteiger charge is 2.21. The van der Waals surface area contributed by atoms with Crippen LogP contribution < -0.4 is 15.8 Å². The summed E-state index contributed by atoms with van der Waals surface area (Å²) in [6.07, 6.45) is 0. The van der Waals surface area contributed by atoms with E-state index in [1.165, 1.54) is 5.56 Å². The van der Waals surface area contributed by atoms with Gasteiger partial charge in [0.1, 0.15) is 5.75 Å². The van der Waals surface area contributed by atoms with E-state index in [2.05, 4.69) is 47.2 Å². The summed E-state index contributed by atoms with van der Waals surface area (Å²) in [6.45, 7) is 5.73. The van der Waals surface area contributed by atoms with E-state index in [1.807, 2.05) is 6.07 Å². The Balaban J connectivity index is 2.68. The van der Waals surface area contributed by atoms with Crippen LogP contribution in [-0.2, 0) is 5.41 Å². The zero-order valence-corrected chi connectivity index (χ0v) is 13.3. The molecule has 0 radical (unpaired) electrons. The molecular formula is C14H23BrN2O2. The number of nitrogens with one attached hydrogen (secondary N) is 1. The molecule has 0 saturated carbocycles. The third-order valence-corrected chi connectivity index (χ3v) is 3.76. The highest BCUT2D eigenvalue weighted by atomic mass is 79.9. The average Bonchev–Trinajstić information content (AvgIpc) is 2.38. The Hall–Kier alpha value is -0.620. The number of nitrogens with two attached hydrogens (primary N) is 1. The molecule has 4 N–H and O–H groups in total. The van der Waals surface area contributed by atoms with Gasteiger partial charge in [0.25, 0.3) is 0 Å². The number of hydrogen-bond acceptors (Lipinski definition) is 4. The fourth-order valence-corrected chi connectivity index (χ4v) is 2.36. The van der Waals surface area contributed by atoms with Crippen LogP contribution in [0.1, 0.15) is 19.4 Å². The van der Waals surface area contributed by atoms with Gasteiger partial charge in [0, 0.05) is 24.5 Å². The van der Waals surface area contributed by atoms with E-state index in [9.17, 15) is 0 Å². The van der Waals surface area contributed by atoms with Crippen LogP contribution in [-0.4, -0.2) is 38.0 Å². The minimum Gasteiger partial charge on any atom is -0.496 e. The first-order chi connectivity index (χ1) is 8.90. The van der Waals surface area contributed by atoms with Crippen LogP contribution >= 0.6 is 15.9 Å². The lowest BCUT2D eigenvalue weighted by Crippen LogP contribution is -2.41. The summed E-state index contributed by atoms with van der Waals surface area (Å²) in [5, 5.41) is 12.2. The number of benzene rings is 1. The minimum absolute atomic E-state index is 0.00150. The van der Waals surface area contributed by atoms with Crippen LogP contribution in [0.5, 0.6) is 5.75 Å². The Bertz CT molecular complexity index is 410. The molecule has 0 aliphatic rings. The number of ether oxygens (including phenoxy) is 1. The summed E-state index contributed by atoms with van der Waals surface area (Å²) in [4.78, 5) is 0. The molecule has 0 aliphatic heterocycles. The van der Waals surface area contributed by atoms with Gasteiger partial charge in [-0.3, -0.25) is 0 Å². The van der Waals surface area contributed by atoms with Gasteiger partial charge in [-0.15, -0.1) is 0 Å². The second-order valence-electron chi connectivity index (χ2n) is 5.31. The molecule has 0 aliphatic carbocycles. The molecule has 0 bridgehead atoms. The Labute approximate surface area is 123 Å². The highest BCUT2D eigenvalue weighted by Crippen LogP contribution is 2.31. The third-order valence-electron chi connectivity index (χ3n) is 3.14. The maximum atomic E-state index is 8.89. The maximum Gasteiger partial charge on any atom is 0.133 e. The molecule has 0 fully saturated rings. The number of aliphatic hydroxyl groups is 1. The molecule has 4 nitrogen and oxygen atoms in total. The molecule has 19 heavy (non-hydrogen) atoms. The first-order valence-electron chi connectivity index (χ1n) is 6.32. The third kappa shape index (κ3) is 4.76. The minimum atomic E-state index is -0.210. The summed E-state index contributed by atoms with van der Waals surface area (Å²) in [5.41, 5.74) is 6.86. The highest BCUT2D eigenvalue weighted by molar-refractivity contribution is 9.10. The van der Waals surface area contributed by atoms with Gasteiger partial charge in [-0.05, 0) is 33.6 Å². The predicted molar refractivity (Wildman–Crippen MR) is 81.7 cm³/mol. The van der Waals surface area contributed by atoms with E-state index >= 15 is 0 Å². The van der Waals surface area contributed by atoms with E-state index in [4.69, 9.17) is 15.6 Å². The van der Waals surface area contributed by atoms with Crippen molar-refractivity contribution in [3.05, 3.63) is 28.2 Å². The topological polar surface area (TPSA) is 67.5 Å². The van der Waals surface area contributed by atoms with Crippen molar-refractivity contribution < 1.29 is 9.84 Å². The van der Waals surface area contributed by atoms with Gasteiger partial charge in [0.2, 0.25) is 0 Å². The number of methoxy groups -OCH3 is 1. The van der Waals surface area contributed by atoms with Crippen molar-refractivity contribution in [1.82, 2.24) is 5.32 Å². The van der Waals surface area contributed by atoms with E-state index in [0.717, 1.165) is 16.8 Å². The number of hydrogen-bond donors (Lipinski definition) is 3. The van der Waals surface area contributed by atoms with Gasteiger partial charge < -0.3 is 20.9 Å². The van der Waals surface area contributed by atoms with E-state index in [-0.39, 0.29) is 18.1 Å². The van der Waals surface area contributed by atoms with Crippen molar-refractivity contribution >= 4 is 15.9 Å². The van der Waals surface area contributed by atoms with Crippen molar-refractivity contribution in [2.45, 2.75) is 25.3 Å². The smallest absolute Gasteiger partial charge is 0.133 e. The Morgan fingerprint density at radius 3 is 2.68 bits per heavy atom. The van der Waals surface area contributed by atoms with Crippen LogP contribution in [0.25, 0.3) is 0 Å². The molecule has 0 amide bonds. The molecule has 1 rings (SSSR count). The first-order valence-corrected chi connectivity index (χ1v) is 7.11. The number of rotatable bonds is 7. The summed E-state index contributed by atoms with van der Waals surface area (Å²) < 4.78 is 6.18. The van der Waals surface area contributed by atoms with Gasteiger partial charge >= 0.3 is 0 Å². The van der Waals surface area contributed by atoms with Crippen LogP contribution in [0.2, 0.25) is 0 Å². The molecule has 1 aromatic rings. The Morgan fingerprint density at radius 2 is 2.16 bits per heavy atom. The monoisotopic (exact) mass is 330 g/mol. The van der Waals surface area contributed by atoms with Gasteiger partial charge in [0.15, 0.2) is 0 Å². The van der Waals surface area contributed by atoms with Gasteiger partial charge in [-0.2, -0.15) is 0 Å². The molecule has 108 valence electrons. The lowest BCUT2D eigenvalue weighted by molar-refractivity contribution is 0.260. The zero-order valence-electron chi connectivity index (χ0n) is 11.7. The van der Waals surface area contributed by atoms with Crippen LogP contribution in [0, 0.1) is 0 Å². The van der Waals surface area contributed by atoms with Gasteiger partial charge in [-0.25, -0.2) is 0 Å². The summed E-state index contributed by atoms with van der Waals surface area (Å²) in [5.74, 6) is 0.829. The largest absolute Gasteiger partial charge is 0.496 e. The zero-order chi connectivity index (χ0) is 14.5. The fourth-order valence-electron chi connectivity index (χ4n) is 1.82. The molecular weight excluding hydrogens is 308 g/mol. The molecule has 0 spiro atoms. The van der Waals surface area contributed by atoms with Gasteiger partial charge in [-0.1, -0.05) is 19.9 Å². The van der Waals surface area contributed by atoms with Gasteiger partial charge in [0.05, 0.1) is 18.2 Å². The van der Waals surface area contributed by atoms with Crippen molar-refractivity contribution in [3.8, 4) is 5.75 Å². The number of aliphatic hydroxyl groups excluding tert-OH is 1. The van der Waals surface area contributed by atoms with Crippen molar-refractivity contribution in [3.63, 3.8) is 0 Å². The second kappa shape index (κ2) is 7.24. The molecule has 5 heteroatoms. The second-order valence-corrected chi connectivity index (χ2v) is 6.16. The van der Waals surface area contributed by atoms with Crippen molar-refractivity contribution in [2.75, 3.05) is 26.8 Å². The molecule has 0 saturated heterocycles. The Morgan fingerprint density at radius 1 is 1.47 bits per heavy atom. The first kappa shape index (κ1) is 16.4. The van der Waals surface area contributed by atoms with Crippen molar-refractivity contribution in [2.24, 2.45) is 5.73 Å². The van der Waals surface area contributed by atoms with E-state index in [0.29, 0.717) is 6.54 Å². The number of halogens is 1. The lowest BCUT2D eigenvalue weighted by Gasteiger charge is -2.27. The molecule has 0 heterocycles. The SMILES string of the molecule is COc1ccc(C(C)(C)CNCC(N)CO)cc1Br. The van der Waals surface area contributed by atoms with Crippen LogP contribution in [0.3, 0.4) is 0 Å². The maximum absolute atomic E-state index is 8.89. The predicted octanol–water partition coefficient (Wildman–Crippen LogP) is 1.64. The van der Waals surface area contributed by atoms with Crippen LogP contribution in [0.4, 0.5) is 0 Å². The summed E-state index contributed by atoms with van der Waals surface area (Å²) >= 11 is 3.50.